The molecule has 9 nitrogen and oxygen atoms in total. The smallest absolute Gasteiger partial charge is 0.319 e. The predicted molar refractivity (Wildman–Crippen MR) is 29.1 cm³/mol. The fourth-order valence-corrected chi connectivity index (χ4v) is 0.599. The Morgan fingerprint density at radius 1 is 0.833 bits per heavy atom. The molecule has 0 aliphatic rings. The van der Waals surface area contributed by atoms with Crippen molar-refractivity contribution in [3.63, 3.8) is 0 Å². The third-order valence-electron chi connectivity index (χ3n) is 0.360. The Kier molecular flexibility index (Phi) is 3.64. The summed E-state index contributed by atoms with van der Waals surface area (Å²) in [6.45, 7) is 0. The van der Waals surface area contributed by atoms with E-state index in [9.17, 15) is 4.21 Å². The second-order valence-electron chi connectivity index (χ2n) is 1.52. The van der Waals surface area contributed by atoms with Gasteiger partial charge in [-0.05, 0) is 0 Å². The van der Waals surface area contributed by atoms with E-state index in [-0.39, 0.29) is 0 Å². The van der Waals surface area contributed by atoms with E-state index in [0.717, 1.165) is 0 Å². The molecule has 0 aromatic carbocycles. The largest absolute Gasteiger partial charge is 0.419 e. The molecule has 0 aromatic heterocycles. The Balaban J connectivity index is 3.92. The van der Waals surface area contributed by atoms with Crippen LogP contribution in [0.2, 0.25) is 0 Å². The first-order valence-electron chi connectivity index (χ1n) is 2.25. The average molecular weight is 206 g/mol. The molecule has 0 fully saturated rings. The molecule has 0 aliphatic carbocycles. The summed E-state index contributed by atoms with van der Waals surface area (Å²) >= 11 is -3.16. The zero-order valence-electron chi connectivity index (χ0n) is 5.32. The molecular formula is C2H6O9S. The topological polar surface area (TPSA) is 157 Å². The van der Waals surface area contributed by atoms with Gasteiger partial charge in [-0.1, -0.05) is 0 Å². The maximum Gasteiger partial charge on any atom is 0.419 e. The number of hydrogen-bond acceptors (Lipinski definition) is 9. The summed E-state index contributed by atoms with van der Waals surface area (Å²) in [6.07, 6.45) is -7.54. The third kappa shape index (κ3) is 7.93. The lowest BCUT2D eigenvalue weighted by atomic mass is 11.2. The quantitative estimate of drug-likeness (QED) is 0.251. The summed E-state index contributed by atoms with van der Waals surface area (Å²) < 4.78 is 16.7. The van der Waals surface area contributed by atoms with E-state index in [1.54, 1.807) is 0 Å². The fraction of sp³-hybridized carbons (Fsp3) is 1.00. The van der Waals surface area contributed by atoms with E-state index in [1.165, 1.54) is 0 Å². The first-order valence-corrected chi connectivity index (χ1v) is 3.25. The van der Waals surface area contributed by atoms with Crippen LogP contribution in [0, 0.1) is 0 Å². The van der Waals surface area contributed by atoms with Gasteiger partial charge in [0.05, 0.1) is 0 Å². The Bertz CT molecular complexity index is 144. The molecule has 0 aromatic rings. The molecule has 6 N–H and O–H groups in total. The number of aliphatic hydroxyl groups is 6. The Morgan fingerprint density at radius 3 is 1.25 bits per heavy atom. The molecule has 0 atom stereocenters. The van der Waals surface area contributed by atoms with E-state index in [4.69, 9.17) is 30.6 Å². The molecule has 0 spiro atoms. The average Bonchev–Trinajstić information content (AvgIpc) is 1.49. The van der Waals surface area contributed by atoms with Crippen molar-refractivity contribution in [2.75, 3.05) is 0 Å². The maximum absolute atomic E-state index is 10.2. The first-order chi connectivity index (χ1) is 5.10. The van der Waals surface area contributed by atoms with Crippen molar-refractivity contribution < 1.29 is 43.2 Å². The minimum atomic E-state index is -3.77. The zero-order valence-corrected chi connectivity index (χ0v) is 6.13. The van der Waals surface area contributed by atoms with E-state index >= 15 is 0 Å². The van der Waals surface area contributed by atoms with Crippen LogP contribution in [-0.4, -0.2) is 47.2 Å². The van der Waals surface area contributed by atoms with Crippen molar-refractivity contribution in [3.8, 4) is 0 Å². The Labute approximate surface area is 67.9 Å². The third-order valence-corrected chi connectivity index (χ3v) is 1.08. The monoisotopic (exact) mass is 206 g/mol. The van der Waals surface area contributed by atoms with Gasteiger partial charge in [-0.2, -0.15) is 12.6 Å². The van der Waals surface area contributed by atoms with Crippen LogP contribution in [-0.2, 0) is 19.7 Å². The van der Waals surface area contributed by atoms with Crippen LogP contribution < -0.4 is 0 Å². The lowest BCUT2D eigenvalue weighted by molar-refractivity contribution is -0.437. The lowest BCUT2D eigenvalue weighted by Crippen LogP contribution is -2.37. The molecule has 0 saturated carbocycles. The van der Waals surface area contributed by atoms with Crippen molar-refractivity contribution in [2.24, 2.45) is 0 Å². The summed E-state index contributed by atoms with van der Waals surface area (Å²) in [5.41, 5.74) is 0. The van der Waals surface area contributed by atoms with Crippen LogP contribution in [0.3, 0.4) is 0 Å². The highest BCUT2D eigenvalue weighted by Gasteiger charge is 2.31. The minimum absolute atomic E-state index is 3.16. The van der Waals surface area contributed by atoms with E-state index in [2.05, 4.69) is 8.37 Å². The van der Waals surface area contributed by atoms with Gasteiger partial charge in [-0.15, -0.1) is 0 Å². The normalized spacial score (nSPS) is 13.9. The van der Waals surface area contributed by atoms with Gasteiger partial charge < -0.3 is 30.6 Å². The highest BCUT2D eigenvalue weighted by atomic mass is 32.2. The second kappa shape index (κ2) is 3.69. The molecule has 0 bridgehead atoms. The van der Waals surface area contributed by atoms with Gasteiger partial charge in [0, 0.05) is 0 Å². The van der Waals surface area contributed by atoms with Gasteiger partial charge in [-0.25, -0.2) is 0 Å². The maximum atomic E-state index is 10.2. The first kappa shape index (κ1) is 11.8. The summed E-state index contributed by atoms with van der Waals surface area (Å²) in [4.78, 5) is 0. The van der Waals surface area contributed by atoms with Crippen molar-refractivity contribution in [1.29, 1.82) is 0 Å². The number of hydrogen-bond donors (Lipinski definition) is 6. The molecule has 74 valence electrons. The van der Waals surface area contributed by atoms with Crippen molar-refractivity contribution in [3.05, 3.63) is 0 Å². The van der Waals surface area contributed by atoms with Gasteiger partial charge in [0.2, 0.25) is 0 Å². The molecule has 0 radical (unpaired) electrons. The van der Waals surface area contributed by atoms with Crippen LogP contribution >= 0.6 is 0 Å². The Morgan fingerprint density at radius 2 is 1.08 bits per heavy atom. The molecule has 12 heavy (non-hydrogen) atoms. The zero-order chi connectivity index (χ0) is 9.99. The van der Waals surface area contributed by atoms with Crippen LogP contribution in [0.15, 0.2) is 0 Å². The molecule has 0 heterocycles. The molecule has 0 saturated heterocycles. The summed E-state index contributed by atoms with van der Waals surface area (Å²) in [5, 5.41) is 47.7. The fourth-order valence-electron chi connectivity index (χ4n) is 0.200. The second-order valence-corrected chi connectivity index (χ2v) is 2.26. The number of rotatable bonds is 4. The van der Waals surface area contributed by atoms with Gasteiger partial charge in [0.25, 0.3) is 0 Å². The molecule has 0 unspecified atom stereocenters. The summed E-state index contributed by atoms with van der Waals surface area (Å²) in [6, 6.07) is 0. The van der Waals surface area contributed by atoms with Crippen molar-refractivity contribution >= 4 is 11.4 Å². The van der Waals surface area contributed by atoms with Gasteiger partial charge in [0.15, 0.2) is 0 Å². The van der Waals surface area contributed by atoms with Gasteiger partial charge in [-0.3, -0.25) is 0 Å². The highest BCUT2D eigenvalue weighted by Crippen LogP contribution is 2.06. The minimum Gasteiger partial charge on any atom is -0.319 e. The van der Waals surface area contributed by atoms with Crippen molar-refractivity contribution in [1.82, 2.24) is 0 Å². The molecule has 0 rings (SSSR count). The van der Waals surface area contributed by atoms with E-state index in [0.29, 0.717) is 0 Å². The summed E-state index contributed by atoms with van der Waals surface area (Å²) in [5.74, 6) is 0. The predicted octanol–water partition coefficient (Wildman–Crippen LogP) is -4.23. The molecule has 10 heteroatoms. The summed E-state index contributed by atoms with van der Waals surface area (Å²) in [7, 11) is 0. The van der Waals surface area contributed by atoms with E-state index in [1.807, 2.05) is 0 Å². The van der Waals surface area contributed by atoms with E-state index < -0.39 is 23.7 Å². The van der Waals surface area contributed by atoms with Crippen LogP contribution in [0.25, 0.3) is 0 Å². The van der Waals surface area contributed by atoms with Crippen LogP contribution in [0.5, 0.6) is 0 Å². The van der Waals surface area contributed by atoms with Crippen LogP contribution in [0.4, 0.5) is 0 Å². The SMILES string of the molecule is O=S(OC(O)(O)O)OC(O)(O)O. The highest BCUT2D eigenvalue weighted by molar-refractivity contribution is 7.75. The van der Waals surface area contributed by atoms with Crippen molar-refractivity contribution in [2.45, 2.75) is 12.3 Å². The Hall–Kier alpha value is -0.170. The molecule has 0 amide bonds. The standard InChI is InChI=1S/C2H6O9S/c3-1(4,5)10-12(9)11-2(6,7)8/h3-8H. The molecule has 0 aliphatic heterocycles. The van der Waals surface area contributed by atoms with Gasteiger partial charge >= 0.3 is 23.7 Å². The van der Waals surface area contributed by atoms with Crippen LogP contribution in [0.1, 0.15) is 0 Å². The van der Waals surface area contributed by atoms with Gasteiger partial charge in [0.1, 0.15) is 0 Å². The lowest BCUT2D eigenvalue weighted by Gasteiger charge is -2.15. The molecular weight excluding hydrogens is 200 g/mol.